The average Bonchev–Trinajstić information content (AvgIpc) is 3.60. The molecule has 34 heavy (non-hydrogen) atoms. The molecule has 2 aromatic carbocycles. The van der Waals surface area contributed by atoms with E-state index in [2.05, 4.69) is 73.2 Å². The van der Waals surface area contributed by atoms with Crippen LogP contribution in [-0.4, -0.2) is 76.2 Å². The second kappa shape index (κ2) is 8.80. The predicted molar refractivity (Wildman–Crippen MR) is 136 cm³/mol. The molecule has 4 aromatic rings. The van der Waals surface area contributed by atoms with Crippen molar-refractivity contribution in [1.29, 1.82) is 0 Å². The fraction of sp³-hybridized carbons (Fsp3) is 0.407. The number of nitrogens with zero attached hydrogens (tertiary/aromatic N) is 4. The summed E-state index contributed by atoms with van der Waals surface area (Å²) in [7, 11) is 0. The maximum absolute atomic E-state index is 13.3. The van der Waals surface area contributed by atoms with Crippen LogP contribution in [0.4, 0.5) is 5.82 Å². The number of carbonyl (C=O) groups excluding carboxylic acids is 1. The van der Waals surface area contributed by atoms with Gasteiger partial charge in [0.1, 0.15) is 5.69 Å². The van der Waals surface area contributed by atoms with Crippen LogP contribution >= 0.6 is 0 Å². The topological polar surface area (TPSA) is 71.3 Å². The Hall–Kier alpha value is -3.32. The first-order valence-electron chi connectivity index (χ1n) is 12.5. The lowest BCUT2D eigenvalue weighted by atomic mass is 10.1. The van der Waals surface area contributed by atoms with Gasteiger partial charge in [0.05, 0.1) is 5.52 Å². The number of aryl methyl sites for hydroxylation is 1. The highest BCUT2D eigenvalue weighted by Gasteiger charge is 2.31. The molecule has 0 aliphatic carbocycles. The van der Waals surface area contributed by atoms with Crippen LogP contribution in [0.15, 0.2) is 48.5 Å². The minimum Gasteiger partial charge on any atom is -0.352 e. The summed E-state index contributed by atoms with van der Waals surface area (Å²) in [5.41, 5.74) is 4.05. The lowest BCUT2D eigenvalue weighted by Crippen LogP contribution is -2.48. The van der Waals surface area contributed by atoms with Gasteiger partial charge in [0.25, 0.3) is 5.91 Å². The summed E-state index contributed by atoms with van der Waals surface area (Å²) in [4.78, 5) is 23.7. The molecule has 176 valence electrons. The molecular weight excluding hydrogens is 424 g/mol. The molecular formula is C27H32N6O. The minimum atomic E-state index is 0.145. The summed E-state index contributed by atoms with van der Waals surface area (Å²) in [6, 6.07) is 17.0. The predicted octanol–water partition coefficient (Wildman–Crippen LogP) is 4.17. The zero-order valence-electron chi connectivity index (χ0n) is 19.8. The molecule has 1 atom stereocenters. The quantitative estimate of drug-likeness (QED) is 0.473. The number of amides is 1. The number of carbonyl (C=O) groups is 1. The van der Waals surface area contributed by atoms with Crippen LogP contribution in [0.3, 0.4) is 0 Å². The Kier molecular flexibility index (Phi) is 5.49. The number of hydrogen-bond acceptors (Lipinski definition) is 4. The zero-order valence-corrected chi connectivity index (χ0v) is 19.8. The largest absolute Gasteiger partial charge is 0.352 e. The number of piperazine rings is 1. The second-order valence-electron chi connectivity index (χ2n) is 9.78. The van der Waals surface area contributed by atoms with E-state index < -0.39 is 0 Å². The van der Waals surface area contributed by atoms with Crippen molar-refractivity contribution >= 4 is 33.5 Å². The highest BCUT2D eigenvalue weighted by Crippen LogP contribution is 2.27. The van der Waals surface area contributed by atoms with Gasteiger partial charge < -0.3 is 14.8 Å². The number of hydrogen-bond donors (Lipinski definition) is 2. The Morgan fingerprint density at radius 1 is 1.03 bits per heavy atom. The van der Waals surface area contributed by atoms with Gasteiger partial charge in [-0.05, 0) is 56.0 Å². The van der Waals surface area contributed by atoms with Crippen molar-refractivity contribution in [2.24, 2.45) is 0 Å². The zero-order chi connectivity index (χ0) is 23.1. The Labute approximate surface area is 199 Å². The Bertz CT molecular complexity index is 1320. The maximum Gasteiger partial charge on any atom is 0.270 e. The molecule has 0 spiro atoms. The molecule has 0 saturated carbocycles. The van der Waals surface area contributed by atoms with Gasteiger partial charge in [-0.2, -0.15) is 5.10 Å². The van der Waals surface area contributed by atoms with Crippen LogP contribution in [0.1, 0.15) is 35.3 Å². The molecule has 1 amide bonds. The van der Waals surface area contributed by atoms with Crippen molar-refractivity contribution in [3.63, 3.8) is 0 Å². The monoisotopic (exact) mass is 456 g/mol. The van der Waals surface area contributed by atoms with Gasteiger partial charge in [-0.25, -0.2) is 0 Å². The van der Waals surface area contributed by atoms with Gasteiger partial charge in [0.2, 0.25) is 0 Å². The summed E-state index contributed by atoms with van der Waals surface area (Å²) in [6.45, 7) is 8.00. The third-order valence-corrected chi connectivity index (χ3v) is 7.55. The Balaban J connectivity index is 1.05. The molecule has 6 rings (SSSR count). The number of H-pyrrole nitrogens is 2. The molecule has 2 fully saturated rings. The molecule has 2 saturated heterocycles. The molecule has 0 unspecified atom stereocenters. The number of likely N-dealkylation sites (tertiary alicyclic amines) is 1. The van der Waals surface area contributed by atoms with Gasteiger partial charge in [0, 0.05) is 61.6 Å². The maximum atomic E-state index is 13.3. The first-order valence-corrected chi connectivity index (χ1v) is 12.5. The van der Waals surface area contributed by atoms with E-state index in [1.54, 1.807) is 0 Å². The number of benzene rings is 2. The number of aromatic amines is 2. The van der Waals surface area contributed by atoms with E-state index in [4.69, 9.17) is 0 Å². The number of rotatable bonds is 5. The number of fused-ring (bicyclic) bond motifs is 2. The summed E-state index contributed by atoms with van der Waals surface area (Å²) in [5.74, 6) is 1.21. The van der Waals surface area contributed by atoms with Crippen molar-refractivity contribution < 1.29 is 4.79 Å². The third kappa shape index (κ3) is 3.94. The SMILES string of the molecule is Cc1ccc2cc(C(=O)N3CCC[C@H]3CCN3CCN(c4n[nH]c5ccccc45)CC3)[nH]c2c1. The lowest BCUT2D eigenvalue weighted by molar-refractivity contribution is 0.0715. The van der Waals surface area contributed by atoms with Crippen molar-refractivity contribution in [2.45, 2.75) is 32.2 Å². The summed E-state index contributed by atoms with van der Waals surface area (Å²) in [6.07, 6.45) is 3.23. The fourth-order valence-corrected chi connectivity index (χ4v) is 5.62. The number of nitrogens with one attached hydrogen (secondary N) is 2. The molecule has 2 N–H and O–H groups in total. The molecule has 7 nitrogen and oxygen atoms in total. The van der Waals surface area contributed by atoms with Gasteiger partial charge in [-0.3, -0.25) is 14.8 Å². The number of aromatic nitrogens is 3. The molecule has 2 aliphatic heterocycles. The van der Waals surface area contributed by atoms with Crippen molar-refractivity contribution in [3.05, 3.63) is 59.8 Å². The fourth-order valence-electron chi connectivity index (χ4n) is 5.62. The Morgan fingerprint density at radius 3 is 2.76 bits per heavy atom. The number of anilines is 1. The van der Waals surface area contributed by atoms with Crippen LogP contribution in [0.2, 0.25) is 0 Å². The van der Waals surface area contributed by atoms with Gasteiger partial charge >= 0.3 is 0 Å². The van der Waals surface area contributed by atoms with Crippen molar-refractivity contribution in [1.82, 2.24) is 25.0 Å². The molecule has 7 heteroatoms. The molecule has 0 bridgehead atoms. The van der Waals surface area contributed by atoms with E-state index in [0.717, 1.165) is 80.8 Å². The van der Waals surface area contributed by atoms with Crippen LogP contribution < -0.4 is 4.90 Å². The Morgan fingerprint density at radius 2 is 1.88 bits per heavy atom. The van der Waals surface area contributed by atoms with Gasteiger partial charge in [-0.1, -0.05) is 24.3 Å². The highest BCUT2D eigenvalue weighted by atomic mass is 16.2. The average molecular weight is 457 g/mol. The summed E-state index contributed by atoms with van der Waals surface area (Å²) < 4.78 is 0. The van der Waals surface area contributed by atoms with E-state index in [9.17, 15) is 4.79 Å². The standard InChI is InChI=1S/C27H32N6O/c1-19-8-9-20-18-25(28-24(20)17-19)27(34)33-11-4-5-21(33)10-12-31-13-15-32(16-14-31)26-22-6-2-3-7-23(22)29-30-26/h2-3,6-9,17-18,21,28H,4-5,10-16H2,1H3,(H,29,30)/t21-/m0/s1. The van der Waals surface area contributed by atoms with E-state index in [0.29, 0.717) is 11.7 Å². The van der Waals surface area contributed by atoms with Gasteiger partial charge in [0.15, 0.2) is 5.82 Å². The first kappa shape index (κ1) is 21.2. The van der Waals surface area contributed by atoms with Crippen molar-refractivity contribution in [2.75, 3.05) is 44.2 Å². The lowest BCUT2D eigenvalue weighted by Gasteiger charge is -2.36. The normalized spacial score (nSPS) is 19.5. The molecule has 0 radical (unpaired) electrons. The van der Waals surface area contributed by atoms with E-state index in [1.165, 1.54) is 10.9 Å². The molecule has 2 aliphatic rings. The third-order valence-electron chi connectivity index (χ3n) is 7.55. The highest BCUT2D eigenvalue weighted by molar-refractivity contribution is 5.98. The number of para-hydroxylation sites is 1. The van der Waals surface area contributed by atoms with Gasteiger partial charge in [-0.15, -0.1) is 0 Å². The van der Waals surface area contributed by atoms with Crippen molar-refractivity contribution in [3.8, 4) is 0 Å². The van der Waals surface area contributed by atoms with E-state index in [1.807, 2.05) is 12.1 Å². The summed E-state index contributed by atoms with van der Waals surface area (Å²) >= 11 is 0. The van der Waals surface area contributed by atoms with Crippen LogP contribution in [0.5, 0.6) is 0 Å². The minimum absolute atomic E-state index is 0.145. The van der Waals surface area contributed by atoms with E-state index >= 15 is 0 Å². The smallest absolute Gasteiger partial charge is 0.270 e. The first-order chi connectivity index (χ1) is 16.7. The summed E-state index contributed by atoms with van der Waals surface area (Å²) in [5, 5.41) is 10.0. The van der Waals surface area contributed by atoms with Crippen LogP contribution in [-0.2, 0) is 0 Å². The van der Waals surface area contributed by atoms with Crippen LogP contribution in [0.25, 0.3) is 21.8 Å². The molecule has 2 aromatic heterocycles. The van der Waals surface area contributed by atoms with E-state index in [-0.39, 0.29) is 5.91 Å². The molecule has 4 heterocycles. The second-order valence-corrected chi connectivity index (χ2v) is 9.78. The van der Waals surface area contributed by atoms with Crippen LogP contribution in [0, 0.1) is 6.92 Å².